The SMILES string of the molecule is CCS(=O)(=O)CCN1CC(O)(C2CC2)C1. The highest BCUT2D eigenvalue weighted by molar-refractivity contribution is 7.91. The second-order valence-corrected chi connectivity index (χ2v) is 7.30. The lowest BCUT2D eigenvalue weighted by molar-refractivity contribution is -0.110. The van der Waals surface area contributed by atoms with Crippen molar-refractivity contribution in [3.8, 4) is 0 Å². The van der Waals surface area contributed by atoms with E-state index in [2.05, 4.69) is 0 Å². The number of sulfone groups is 1. The lowest BCUT2D eigenvalue weighted by Gasteiger charge is -2.47. The highest BCUT2D eigenvalue weighted by Crippen LogP contribution is 2.44. The number of nitrogens with zero attached hydrogens (tertiary/aromatic N) is 1. The Bertz CT molecular complexity index is 329. The summed E-state index contributed by atoms with van der Waals surface area (Å²) >= 11 is 0. The van der Waals surface area contributed by atoms with Gasteiger partial charge in [0.05, 0.1) is 11.4 Å². The van der Waals surface area contributed by atoms with Gasteiger partial charge in [-0.25, -0.2) is 8.42 Å². The topological polar surface area (TPSA) is 57.6 Å². The highest BCUT2D eigenvalue weighted by atomic mass is 32.2. The van der Waals surface area contributed by atoms with Crippen LogP contribution in [0.1, 0.15) is 19.8 Å². The van der Waals surface area contributed by atoms with Crippen LogP contribution >= 0.6 is 0 Å². The van der Waals surface area contributed by atoms with E-state index in [0.717, 1.165) is 12.8 Å². The second-order valence-electron chi connectivity index (χ2n) is 4.82. The standard InChI is InChI=1S/C10H19NO3S/c1-2-15(13,14)6-5-11-7-10(12,8-11)9-3-4-9/h9,12H,2-8H2,1H3. The van der Waals surface area contributed by atoms with Gasteiger partial charge in [-0.05, 0) is 18.8 Å². The zero-order chi connectivity index (χ0) is 11.1. The molecule has 0 aromatic carbocycles. The predicted octanol–water partition coefficient (Wildman–Crippen LogP) is -0.122. The van der Waals surface area contributed by atoms with Gasteiger partial charge in [-0.3, -0.25) is 4.90 Å². The van der Waals surface area contributed by atoms with Crippen LogP contribution < -0.4 is 0 Å². The molecule has 0 atom stereocenters. The maximum atomic E-state index is 11.3. The van der Waals surface area contributed by atoms with Gasteiger partial charge in [-0.2, -0.15) is 0 Å². The third-order valence-electron chi connectivity index (χ3n) is 3.49. The van der Waals surface area contributed by atoms with E-state index in [4.69, 9.17) is 0 Å². The van der Waals surface area contributed by atoms with Crippen molar-refractivity contribution in [1.29, 1.82) is 0 Å². The summed E-state index contributed by atoms with van der Waals surface area (Å²) in [6.45, 7) is 3.57. The Balaban J connectivity index is 1.72. The fourth-order valence-electron chi connectivity index (χ4n) is 2.18. The Hall–Kier alpha value is -0.130. The fourth-order valence-corrected chi connectivity index (χ4v) is 3.00. The molecule has 2 aliphatic rings. The first kappa shape index (κ1) is 11.4. The van der Waals surface area contributed by atoms with Gasteiger partial charge >= 0.3 is 0 Å². The van der Waals surface area contributed by atoms with E-state index >= 15 is 0 Å². The van der Waals surface area contributed by atoms with Gasteiger partial charge in [-0.15, -0.1) is 0 Å². The minimum atomic E-state index is -2.86. The van der Waals surface area contributed by atoms with E-state index in [0.29, 0.717) is 25.6 Å². The molecule has 1 saturated carbocycles. The molecule has 15 heavy (non-hydrogen) atoms. The van der Waals surface area contributed by atoms with Crippen LogP contribution in [0.2, 0.25) is 0 Å². The Morgan fingerprint density at radius 3 is 2.47 bits per heavy atom. The van der Waals surface area contributed by atoms with Gasteiger partial charge < -0.3 is 5.11 Å². The molecular weight excluding hydrogens is 214 g/mol. The summed E-state index contributed by atoms with van der Waals surface area (Å²) < 4.78 is 22.5. The lowest BCUT2D eigenvalue weighted by Crippen LogP contribution is -2.63. The molecule has 1 heterocycles. The van der Waals surface area contributed by atoms with Crippen LogP contribution in [-0.2, 0) is 9.84 Å². The first-order chi connectivity index (χ1) is 6.95. The molecule has 4 nitrogen and oxygen atoms in total. The summed E-state index contributed by atoms with van der Waals surface area (Å²) in [5, 5.41) is 10.0. The summed E-state index contributed by atoms with van der Waals surface area (Å²) in [6.07, 6.45) is 2.27. The van der Waals surface area contributed by atoms with E-state index < -0.39 is 15.4 Å². The number of aliphatic hydroxyl groups is 1. The van der Waals surface area contributed by atoms with Crippen LogP contribution in [0, 0.1) is 5.92 Å². The molecule has 2 fully saturated rings. The van der Waals surface area contributed by atoms with Crippen LogP contribution in [0.3, 0.4) is 0 Å². The fraction of sp³-hybridized carbons (Fsp3) is 1.00. The van der Waals surface area contributed by atoms with Crippen molar-refractivity contribution in [2.45, 2.75) is 25.4 Å². The first-order valence-corrected chi connectivity index (χ1v) is 7.42. The molecule has 0 radical (unpaired) electrons. The van der Waals surface area contributed by atoms with Crippen molar-refractivity contribution in [1.82, 2.24) is 4.90 Å². The van der Waals surface area contributed by atoms with Gasteiger partial charge in [0.15, 0.2) is 9.84 Å². The summed E-state index contributed by atoms with van der Waals surface area (Å²) in [6, 6.07) is 0. The molecule has 5 heteroatoms. The van der Waals surface area contributed by atoms with Gasteiger partial charge in [-0.1, -0.05) is 6.92 Å². The second kappa shape index (κ2) is 3.71. The molecule has 1 saturated heterocycles. The van der Waals surface area contributed by atoms with E-state index in [9.17, 15) is 13.5 Å². The maximum Gasteiger partial charge on any atom is 0.151 e. The number of β-amino-alcohol motifs (C(OH)–C–C–N with tert-alkyl or cyclic N) is 1. The average molecular weight is 233 g/mol. The summed E-state index contributed by atoms with van der Waals surface area (Å²) in [7, 11) is -2.86. The maximum absolute atomic E-state index is 11.3. The summed E-state index contributed by atoms with van der Waals surface area (Å²) in [5.41, 5.74) is -0.490. The molecule has 88 valence electrons. The van der Waals surface area contributed by atoms with E-state index in [1.165, 1.54) is 0 Å². The highest BCUT2D eigenvalue weighted by Gasteiger charge is 2.51. The van der Waals surface area contributed by atoms with Gasteiger partial charge in [0, 0.05) is 25.4 Å². The Morgan fingerprint density at radius 1 is 1.40 bits per heavy atom. The van der Waals surface area contributed by atoms with Crippen molar-refractivity contribution in [3.63, 3.8) is 0 Å². The number of rotatable bonds is 5. The van der Waals surface area contributed by atoms with Crippen molar-refractivity contribution >= 4 is 9.84 Å². The normalized spacial score (nSPS) is 26.3. The van der Waals surface area contributed by atoms with E-state index in [1.54, 1.807) is 6.92 Å². The molecule has 1 aliphatic heterocycles. The van der Waals surface area contributed by atoms with Gasteiger partial charge in [0.1, 0.15) is 0 Å². The predicted molar refractivity (Wildman–Crippen MR) is 58.4 cm³/mol. The number of hydrogen-bond donors (Lipinski definition) is 1. The van der Waals surface area contributed by atoms with Crippen molar-refractivity contribution < 1.29 is 13.5 Å². The third kappa shape index (κ3) is 2.52. The van der Waals surface area contributed by atoms with Crippen LogP contribution in [0.4, 0.5) is 0 Å². The van der Waals surface area contributed by atoms with Crippen LogP contribution in [0.25, 0.3) is 0 Å². The number of hydrogen-bond acceptors (Lipinski definition) is 4. The first-order valence-electron chi connectivity index (χ1n) is 5.60. The zero-order valence-corrected chi connectivity index (χ0v) is 9.96. The Labute approximate surface area is 91.2 Å². The molecule has 0 aromatic rings. The summed E-state index contributed by atoms with van der Waals surface area (Å²) in [4.78, 5) is 2.03. The molecule has 0 unspecified atom stereocenters. The monoisotopic (exact) mass is 233 g/mol. The van der Waals surface area contributed by atoms with Crippen molar-refractivity contribution in [2.24, 2.45) is 5.92 Å². The Kier molecular flexibility index (Phi) is 2.81. The average Bonchev–Trinajstić information content (AvgIpc) is 2.94. The largest absolute Gasteiger partial charge is 0.387 e. The molecule has 0 spiro atoms. The Morgan fingerprint density at radius 2 is 2.00 bits per heavy atom. The molecule has 1 N–H and O–H groups in total. The lowest BCUT2D eigenvalue weighted by atomic mass is 9.89. The zero-order valence-electron chi connectivity index (χ0n) is 9.15. The van der Waals surface area contributed by atoms with Crippen LogP contribution in [0.15, 0.2) is 0 Å². The van der Waals surface area contributed by atoms with Crippen molar-refractivity contribution in [2.75, 3.05) is 31.1 Å². The van der Waals surface area contributed by atoms with Crippen LogP contribution in [0.5, 0.6) is 0 Å². The van der Waals surface area contributed by atoms with Gasteiger partial charge in [0.2, 0.25) is 0 Å². The molecule has 2 rings (SSSR count). The van der Waals surface area contributed by atoms with E-state index in [1.807, 2.05) is 4.90 Å². The minimum absolute atomic E-state index is 0.216. The van der Waals surface area contributed by atoms with E-state index in [-0.39, 0.29) is 11.5 Å². The molecular formula is C10H19NO3S. The molecule has 0 aromatic heterocycles. The third-order valence-corrected chi connectivity index (χ3v) is 5.17. The van der Waals surface area contributed by atoms with Crippen LogP contribution in [-0.4, -0.2) is 55.2 Å². The number of likely N-dealkylation sites (tertiary alicyclic amines) is 1. The quantitative estimate of drug-likeness (QED) is 0.719. The van der Waals surface area contributed by atoms with Gasteiger partial charge in [0.25, 0.3) is 0 Å². The smallest absolute Gasteiger partial charge is 0.151 e. The molecule has 0 amide bonds. The summed E-state index contributed by atoms with van der Waals surface area (Å²) in [5.74, 6) is 0.925. The minimum Gasteiger partial charge on any atom is -0.387 e. The molecule has 1 aliphatic carbocycles. The van der Waals surface area contributed by atoms with Crippen molar-refractivity contribution in [3.05, 3.63) is 0 Å². The molecule has 0 bridgehead atoms.